The van der Waals surface area contributed by atoms with Gasteiger partial charge in [-0.3, -0.25) is 0 Å². The van der Waals surface area contributed by atoms with Gasteiger partial charge in [0.05, 0.1) is 56.4 Å². The predicted molar refractivity (Wildman–Crippen MR) is 253 cm³/mol. The molecule has 2 fully saturated rings. The first-order chi connectivity index (χ1) is 29.4. The minimum absolute atomic E-state index is 0.0474. The minimum Gasteiger partial charge on any atom is -0.405 e. The van der Waals surface area contributed by atoms with E-state index in [0.29, 0.717) is 32.7 Å². The van der Waals surface area contributed by atoms with Gasteiger partial charge in [-0.05, 0) is 74.9 Å². The van der Waals surface area contributed by atoms with Crippen molar-refractivity contribution in [3.8, 4) is 0 Å². The highest BCUT2D eigenvalue weighted by atomic mass is 28.4. The molecule has 0 radical (unpaired) electrons. The molecule has 2 saturated heterocycles. The Morgan fingerprint density at radius 1 is 0.508 bits per heavy atom. The van der Waals surface area contributed by atoms with Gasteiger partial charge in [0.1, 0.15) is 0 Å². The highest BCUT2D eigenvalue weighted by molar-refractivity contribution is 7.00. The van der Waals surface area contributed by atoms with E-state index in [4.69, 9.17) is 23.1 Å². The second kappa shape index (κ2) is 20.2. The lowest BCUT2D eigenvalue weighted by molar-refractivity contribution is -0.0950. The summed E-state index contributed by atoms with van der Waals surface area (Å²) in [6.45, 7) is 15.4. The van der Waals surface area contributed by atoms with E-state index in [2.05, 4.69) is 175 Å². The summed E-state index contributed by atoms with van der Waals surface area (Å²) in [5, 5.41) is 16.5. The maximum absolute atomic E-state index is 11.7. The Morgan fingerprint density at radius 2 is 0.869 bits per heavy atom. The van der Waals surface area contributed by atoms with Crippen LogP contribution in [0.2, 0.25) is 10.1 Å². The van der Waals surface area contributed by atoms with Gasteiger partial charge in [-0.2, -0.15) is 0 Å². The van der Waals surface area contributed by atoms with Crippen molar-refractivity contribution < 1.29 is 28.2 Å². The first-order valence-corrected chi connectivity index (χ1v) is 26.4. The Labute approximate surface area is 367 Å². The van der Waals surface area contributed by atoms with Crippen LogP contribution in [0, 0.1) is 0 Å². The largest absolute Gasteiger partial charge is 0.405 e. The third kappa shape index (κ3) is 10.4. The zero-order valence-electron chi connectivity index (χ0n) is 37.3. The summed E-state index contributed by atoms with van der Waals surface area (Å²) in [4.78, 5) is 0. The number of hydrogen-bond donors (Lipinski definition) is 1. The fraction of sp³-hybridized carbons (Fsp3) is 0.434. The van der Waals surface area contributed by atoms with Crippen molar-refractivity contribution in [1.82, 2.24) is 0 Å². The maximum Gasteiger partial charge on any atom is 0.261 e. The molecule has 324 valence electrons. The predicted octanol–water partition coefficient (Wildman–Crippen LogP) is 8.96. The molecule has 0 bridgehead atoms. The molecule has 2 aliphatic heterocycles. The molecule has 0 unspecified atom stereocenters. The number of aliphatic hydroxyl groups is 1. The molecule has 1 N–H and O–H groups in total. The van der Waals surface area contributed by atoms with Gasteiger partial charge in [-0.25, -0.2) is 0 Å². The first kappa shape index (κ1) is 45.3. The van der Waals surface area contributed by atoms with Crippen molar-refractivity contribution in [2.45, 2.75) is 133 Å². The van der Waals surface area contributed by atoms with Crippen LogP contribution in [0.4, 0.5) is 0 Å². The Hall–Kier alpha value is -3.71. The molecule has 0 spiro atoms. The quantitative estimate of drug-likeness (QED) is 0.0889. The molecule has 61 heavy (non-hydrogen) atoms. The summed E-state index contributed by atoms with van der Waals surface area (Å²) in [6.07, 6.45) is 3.40. The third-order valence-corrected chi connectivity index (χ3v) is 23.0. The summed E-state index contributed by atoms with van der Waals surface area (Å²) in [5.41, 5.74) is 1.13. The molecule has 7 rings (SSSR count). The molecule has 0 aliphatic carbocycles. The van der Waals surface area contributed by atoms with Crippen LogP contribution in [-0.4, -0.2) is 71.6 Å². The maximum atomic E-state index is 11.7. The number of benzene rings is 5. The average molecular weight is 857 g/mol. The molecule has 6 atom stereocenters. The van der Waals surface area contributed by atoms with Gasteiger partial charge in [0.2, 0.25) is 0 Å². The van der Waals surface area contributed by atoms with Gasteiger partial charge >= 0.3 is 0 Å². The van der Waals surface area contributed by atoms with E-state index in [-0.39, 0.29) is 40.6 Å². The van der Waals surface area contributed by atoms with Crippen LogP contribution in [0.1, 0.15) is 85.6 Å². The highest BCUT2D eigenvalue weighted by Gasteiger charge is 2.52. The summed E-state index contributed by atoms with van der Waals surface area (Å²) in [6, 6.07) is 53.5. The van der Waals surface area contributed by atoms with Crippen LogP contribution >= 0.6 is 0 Å². The summed E-state index contributed by atoms with van der Waals surface area (Å²) >= 11 is 0. The van der Waals surface area contributed by atoms with Crippen LogP contribution in [-0.2, 0) is 29.7 Å². The Bertz CT molecular complexity index is 1960. The highest BCUT2D eigenvalue weighted by Crippen LogP contribution is 2.39. The minimum atomic E-state index is -2.70. The lowest BCUT2D eigenvalue weighted by atomic mass is 9.99. The number of hydrogen-bond acceptors (Lipinski definition) is 6. The van der Waals surface area contributed by atoms with Crippen molar-refractivity contribution in [1.29, 1.82) is 0 Å². The van der Waals surface area contributed by atoms with Crippen molar-refractivity contribution in [2.75, 3.05) is 13.2 Å². The zero-order chi connectivity index (χ0) is 42.9. The molecule has 2 heterocycles. The fourth-order valence-corrected chi connectivity index (χ4v) is 19.1. The molecule has 0 amide bonds. The number of rotatable bonds is 18. The fourth-order valence-electron chi connectivity index (χ4n) is 9.90. The van der Waals surface area contributed by atoms with Gasteiger partial charge < -0.3 is 28.2 Å². The summed E-state index contributed by atoms with van der Waals surface area (Å²) < 4.78 is 34.7. The van der Waals surface area contributed by atoms with E-state index < -0.39 is 22.7 Å². The Balaban J connectivity index is 1.00. The SMILES string of the molecule is CC(C)(C)[Si](OC[C@@H]1CC[C@@H]([C@H](CC[C@H](O)[C@@H]2CC[C@@H](CO[Si](c3ccccc3)(c3ccccc3)C(C)(C)C)O2)OCc2ccccc2)O1)(c1ccccc1)c1ccccc1. The molecular weight excluding hydrogens is 789 g/mol. The molecule has 5 aromatic carbocycles. The van der Waals surface area contributed by atoms with Crippen molar-refractivity contribution in [3.05, 3.63) is 157 Å². The van der Waals surface area contributed by atoms with E-state index in [1.807, 2.05) is 18.2 Å². The molecule has 8 heteroatoms. The van der Waals surface area contributed by atoms with Crippen LogP contribution < -0.4 is 20.7 Å². The van der Waals surface area contributed by atoms with E-state index >= 15 is 0 Å². The second-order valence-electron chi connectivity index (χ2n) is 19.2. The number of aliphatic hydroxyl groups excluding tert-OH is 1. The van der Waals surface area contributed by atoms with Crippen molar-refractivity contribution in [2.24, 2.45) is 0 Å². The summed E-state index contributed by atoms with van der Waals surface area (Å²) in [5.74, 6) is 0. The van der Waals surface area contributed by atoms with Crippen LogP contribution in [0.3, 0.4) is 0 Å². The molecule has 0 aromatic heterocycles. The molecule has 2 aliphatic rings. The zero-order valence-corrected chi connectivity index (χ0v) is 39.3. The van der Waals surface area contributed by atoms with Gasteiger partial charge in [0.15, 0.2) is 0 Å². The van der Waals surface area contributed by atoms with E-state index in [9.17, 15) is 5.11 Å². The molecule has 5 aromatic rings. The van der Waals surface area contributed by atoms with Gasteiger partial charge in [-0.1, -0.05) is 193 Å². The van der Waals surface area contributed by atoms with E-state index in [0.717, 1.165) is 31.2 Å². The molecule has 6 nitrogen and oxygen atoms in total. The smallest absolute Gasteiger partial charge is 0.261 e. The Morgan fingerprint density at radius 3 is 1.26 bits per heavy atom. The van der Waals surface area contributed by atoms with E-state index in [1.165, 1.54) is 20.7 Å². The van der Waals surface area contributed by atoms with Crippen LogP contribution in [0.5, 0.6) is 0 Å². The normalized spacial score (nSPS) is 21.0. The monoisotopic (exact) mass is 856 g/mol. The standard InChI is InChI=1S/C53H68O6Si2/c1-52(2,3)60(44-24-14-8-15-25-44,45-26-16-9-17-27-45)56-39-42-32-35-49(58-42)48(54)34-37-50(55-38-41-22-12-7-13-23-41)51-36-33-43(59-51)40-57-61(53(4,5)6,46-28-18-10-19-29-46)47-30-20-11-21-31-47/h7-31,42-43,48-51,54H,32-40H2,1-6H3/t42-,43-,48-,49-,50-,51-/m0/s1. The van der Waals surface area contributed by atoms with Crippen molar-refractivity contribution in [3.63, 3.8) is 0 Å². The topological polar surface area (TPSA) is 66.4 Å². The number of ether oxygens (including phenoxy) is 3. The van der Waals surface area contributed by atoms with Gasteiger partial charge in [0, 0.05) is 0 Å². The Kier molecular flexibility index (Phi) is 15.0. The van der Waals surface area contributed by atoms with Gasteiger partial charge in [0.25, 0.3) is 16.6 Å². The molecule has 0 saturated carbocycles. The average Bonchev–Trinajstić information content (AvgIpc) is 3.96. The lowest BCUT2D eigenvalue weighted by Gasteiger charge is -2.43. The van der Waals surface area contributed by atoms with Crippen LogP contribution in [0.15, 0.2) is 152 Å². The first-order valence-electron chi connectivity index (χ1n) is 22.6. The van der Waals surface area contributed by atoms with Gasteiger partial charge in [-0.15, -0.1) is 0 Å². The van der Waals surface area contributed by atoms with Crippen LogP contribution in [0.25, 0.3) is 0 Å². The summed E-state index contributed by atoms with van der Waals surface area (Å²) in [7, 11) is -5.40. The second-order valence-corrected chi connectivity index (χ2v) is 27.8. The lowest BCUT2D eigenvalue weighted by Crippen LogP contribution is -2.67. The molecular formula is C53H68O6Si2. The third-order valence-electron chi connectivity index (χ3n) is 13.0. The van der Waals surface area contributed by atoms with E-state index in [1.54, 1.807) is 0 Å². The van der Waals surface area contributed by atoms with Crippen molar-refractivity contribution >= 4 is 37.4 Å².